The predicted octanol–water partition coefficient (Wildman–Crippen LogP) is 2.93. The summed E-state index contributed by atoms with van der Waals surface area (Å²) in [6.07, 6.45) is -3.25. The minimum absolute atomic E-state index is 0.0513. The van der Waals surface area contributed by atoms with Gasteiger partial charge in [0, 0.05) is 5.69 Å². The van der Waals surface area contributed by atoms with E-state index in [1.807, 2.05) is 0 Å². The smallest absolute Gasteiger partial charge is 0.392 e. The van der Waals surface area contributed by atoms with Crippen LogP contribution in [0.25, 0.3) is 0 Å². The van der Waals surface area contributed by atoms with E-state index in [1.54, 1.807) is 6.92 Å². The molecule has 2 rings (SSSR count). The summed E-state index contributed by atoms with van der Waals surface area (Å²) in [4.78, 5) is 16.3. The number of nitrogens with two attached hydrogens (primary N) is 1. The van der Waals surface area contributed by atoms with Crippen molar-refractivity contribution in [3.05, 3.63) is 45.4 Å². The maximum atomic E-state index is 12.8. The van der Waals surface area contributed by atoms with Crippen LogP contribution in [0.4, 0.5) is 18.9 Å². The molecule has 1 aromatic carbocycles. The lowest BCUT2D eigenvalue weighted by molar-refractivity contribution is -0.137. The molecule has 23 heavy (non-hydrogen) atoms. The zero-order valence-electron chi connectivity index (χ0n) is 12.0. The fourth-order valence-electron chi connectivity index (χ4n) is 1.81. The van der Waals surface area contributed by atoms with Crippen LogP contribution < -0.4 is 11.1 Å². The Bertz CT molecular complexity index is 714. The van der Waals surface area contributed by atoms with Crippen molar-refractivity contribution in [2.75, 3.05) is 5.32 Å². The summed E-state index contributed by atoms with van der Waals surface area (Å²) in [7, 11) is 0. The minimum atomic E-state index is -4.57. The molecule has 0 fully saturated rings. The summed E-state index contributed by atoms with van der Waals surface area (Å²) in [6, 6.07) is 2.58. The Morgan fingerprint density at radius 3 is 2.65 bits per heavy atom. The molecule has 0 bridgehead atoms. The lowest BCUT2D eigenvalue weighted by Crippen LogP contribution is -2.13. The van der Waals surface area contributed by atoms with Gasteiger partial charge in [0.2, 0.25) is 0 Å². The maximum Gasteiger partial charge on any atom is 0.416 e. The molecule has 2 aromatic rings. The molecule has 0 radical (unpaired) electrons. The van der Waals surface area contributed by atoms with Gasteiger partial charge < -0.3 is 16.2 Å². The average molecular weight is 345 g/mol. The van der Waals surface area contributed by atoms with Crippen molar-refractivity contribution < 1.29 is 23.1 Å². The lowest BCUT2D eigenvalue weighted by Gasteiger charge is -2.12. The Morgan fingerprint density at radius 1 is 1.43 bits per heavy atom. The first kappa shape index (κ1) is 17.4. The van der Waals surface area contributed by atoms with E-state index in [0.717, 1.165) is 23.5 Å². The zero-order chi connectivity index (χ0) is 17.2. The summed E-state index contributed by atoms with van der Waals surface area (Å²) < 4.78 is 38.5. The Balaban J connectivity index is 2.26. The second-order valence-electron chi connectivity index (χ2n) is 4.88. The molecule has 4 N–H and O–H groups in total. The van der Waals surface area contributed by atoms with Crippen LogP contribution in [-0.4, -0.2) is 16.0 Å². The fraction of sp³-hybridized carbons (Fsp3) is 0.286. The van der Waals surface area contributed by atoms with Crippen LogP contribution in [0.15, 0.2) is 24.4 Å². The summed E-state index contributed by atoms with van der Waals surface area (Å²) in [5.74, 6) is -0.586. The van der Waals surface area contributed by atoms with Gasteiger partial charge >= 0.3 is 6.18 Å². The van der Waals surface area contributed by atoms with Crippen molar-refractivity contribution in [2.45, 2.75) is 25.7 Å². The van der Waals surface area contributed by atoms with Gasteiger partial charge in [0.15, 0.2) is 0 Å². The highest BCUT2D eigenvalue weighted by molar-refractivity contribution is 7.13. The Kier molecular flexibility index (Phi) is 5.03. The molecule has 0 saturated carbocycles. The van der Waals surface area contributed by atoms with Crippen LogP contribution in [0.5, 0.6) is 0 Å². The van der Waals surface area contributed by atoms with Crippen LogP contribution >= 0.6 is 11.3 Å². The monoisotopic (exact) mass is 345 g/mol. The molecule has 0 saturated heterocycles. The first-order valence-corrected chi connectivity index (χ1v) is 7.37. The molecule has 124 valence electrons. The third kappa shape index (κ3) is 4.27. The largest absolute Gasteiger partial charge is 0.416 e. The van der Waals surface area contributed by atoms with Gasteiger partial charge in [0.25, 0.3) is 5.91 Å². The van der Waals surface area contributed by atoms with Gasteiger partial charge in [0.1, 0.15) is 9.88 Å². The Morgan fingerprint density at radius 2 is 2.13 bits per heavy atom. The minimum Gasteiger partial charge on any atom is -0.392 e. The lowest BCUT2D eigenvalue weighted by atomic mass is 10.1. The van der Waals surface area contributed by atoms with Crippen LogP contribution in [0.3, 0.4) is 0 Å². The number of carbonyl (C=O) groups excluding carboxylic acids is 1. The Hall–Kier alpha value is -1.97. The number of nitrogens with one attached hydrogen (secondary N) is 1. The number of amides is 1. The van der Waals surface area contributed by atoms with Crippen molar-refractivity contribution in [3.8, 4) is 0 Å². The second-order valence-corrected chi connectivity index (χ2v) is 5.94. The van der Waals surface area contributed by atoms with Gasteiger partial charge in [-0.25, -0.2) is 4.98 Å². The van der Waals surface area contributed by atoms with Gasteiger partial charge in [-0.15, -0.1) is 11.3 Å². The number of aromatic nitrogens is 1. The number of aliphatic hydroxyl groups excluding tert-OH is 1. The van der Waals surface area contributed by atoms with E-state index in [-0.39, 0.29) is 22.2 Å². The molecule has 1 heterocycles. The molecule has 0 aliphatic rings. The third-order valence-corrected chi connectivity index (χ3v) is 4.09. The van der Waals surface area contributed by atoms with Crippen molar-refractivity contribution >= 4 is 22.9 Å². The molecule has 1 aromatic heterocycles. The van der Waals surface area contributed by atoms with Crippen LogP contribution in [0, 0.1) is 0 Å². The van der Waals surface area contributed by atoms with E-state index in [2.05, 4.69) is 10.3 Å². The number of benzene rings is 1. The number of rotatable bonds is 4. The van der Waals surface area contributed by atoms with Gasteiger partial charge in [0.05, 0.1) is 24.4 Å². The van der Waals surface area contributed by atoms with Crippen LogP contribution in [-0.2, 0) is 12.8 Å². The number of anilines is 1. The van der Waals surface area contributed by atoms with Gasteiger partial charge in [-0.05, 0) is 30.7 Å². The highest BCUT2D eigenvalue weighted by Crippen LogP contribution is 2.32. The normalized spacial score (nSPS) is 13.0. The molecule has 0 spiro atoms. The van der Waals surface area contributed by atoms with Gasteiger partial charge in [-0.2, -0.15) is 13.2 Å². The molecular weight excluding hydrogens is 331 g/mol. The number of carbonyl (C=O) groups is 1. The van der Waals surface area contributed by atoms with E-state index in [4.69, 9.17) is 10.8 Å². The molecular formula is C14H14F3N3O2S. The van der Waals surface area contributed by atoms with Crippen LogP contribution in [0.1, 0.15) is 38.8 Å². The second kappa shape index (κ2) is 6.65. The highest BCUT2D eigenvalue weighted by atomic mass is 32.1. The predicted molar refractivity (Wildman–Crippen MR) is 80.0 cm³/mol. The summed E-state index contributed by atoms with van der Waals surface area (Å²) >= 11 is 1.07. The number of hydrogen-bond acceptors (Lipinski definition) is 5. The SMILES string of the molecule is CC(N)c1ncc(C(=O)Nc2cc(CO)cc(C(F)(F)F)c2)s1. The van der Waals surface area contributed by atoms with E-state index in [9.17, 15) is 18.0 Å². The number of aliphatic hydroxyl groups is 1. The van der Waals surface area contributed by atoms with E-state index in [0.29, 0.717) is 5.01 Å². The van der Waals surface area contributed by atoms with Gasteiger partial charge in [-0.3, -0.25) is 4.79 Å². The van der Waals surface area contributed by atoms with E-state index in [1.165, 1.54) is 12.3 Å². The Labute approximate surface area is 134 Å². The van der Waals surface area contributed by atoms with E-state index < -0.39 is 24.3 Å². The molecule has 9 heteroatoms. The number of hydrogen-bond donors (Lipinski definition) is 3. The first-order valence-electron chi connectivity index (χ1n) is 6.55. The molecule has 0 aliphatic carbocycles. The zero-order valence-corrected chi connectivity index (χ0v) is 12.8. The molecule has 0 aliphatic heterocycles. The molecule has 1 amide bonds. The molecule has 1 unspecified atom stereocenters. The van der Waals surface area contributed by atoms with Gasteiger partial charge in [-0.1, -0.05) is 0 Å². The molecule has 5 nitrogen and oxygen atoms in total. The van der Waals surface area contributed by atoms with Crippen molar-refractivity contribution in [2.24, 2.45) is 5.73 Å². The maximum absolute atomic E-state index is 12.8. The third-order valence-electron chi connectivity index (χ3n) is 2.90. The number of nitrogens with zero attached hydrogens (tertiary/aromatic N) is 1. The first-order chi connectivity index (χ1) is 10.7. The fourth-order valence-corrected chi connectivity index (χ4v) is 2.58. The quantitative estimate of drug-likeness (QED) is 0.795. The summed E-state index contributed by atoms with van der Waals surface area (Å²) in [5.41, 5.74) is 4.70. The van der Waals surface area contributed by atoms with Crippen molar-refractivity contribution in [3.63, 3.8) is 0 Å². The molecule has 1 atom stereocenters. The number of alkyl halides is 3. The summed E-state index contributed by atoms with van der Waals surface area (Å²) in [6.45, 7) is 1.14. The van der Waals surface area contributed by atoms with E-state index >= 15 is 0 Å². The number of halogens is 3. The summed E-state index contributed by atoms with van der Waals surface area (Å²) in [5, 5.41) is 12.0. The van der Waals surface area contributed by atoms with Crippen molar-refractivity contribution in [1.29, 1.82) is 0 Å². The highest BCUT2D eigenvalue weighted by Gasteiger charge is 2.31. The standard InChI is InChI=1S/C14H14F3N3O2S/c1-7(18)13-19-5-11(23-13)12(22)20-10-3-8(6-21)2-9(4-10)14(15,16)17/h2-5,7,21H,6,18H2,1H3,(H,20,22). The topological polar surface area (TPSA) is 88.2 Å². The van der Waals surface area contributed by atoms with Crippen LogP contribution in [0.2, 0.25) is 0 Å². The average Bonchev–Trinajstić information content (AvgIpc) is 2.96. The van der Waals surface area contributed by atoms with Crippen molar-refractivity contribution in [1.82, 2.24) is 4.98 Å². The number of thiazole rings is 1.